The molecular formula is C13H17NO. The van der Waals surface area contributed by atoms with Gasteiger partial charge in [-0.2, -0.15) is 0 Å². The Morgan fingerprint density at radius 3 is 2.40 bits per heavy atom. The molecule has 1 aromatic carbocycles. The first-order valence-corrected chi connectivity index (χ1v) is 5.23. The summed E-state index contributed by atoms with van der Waals surface area (Å²) < 4.78 is 5.23. The van der Waals surface area contributed by atoms with Crippen LogP contribution in [0.4, 0.5) is 0 Å². The number of rotatable bonds is 1. The summed E-state index contributed by atoms with van der Waals surface area (Å²) in [4.78, 5) is 3.90. The summed E-state index contributed by atoms with van der Waals surface area (Å²) in [6.45, 7) is 8.15. The summed E-state index contributed by atoms with van der Waals surface area (Å²) >= 11 is 0. The molecule has 0 spiro atoms. The zero-order valence-corrected chi connectivity index (χ0v) is 9.74. The van der Waals surface area contributed by atoms with Gasteiger partial charge in [0.1, 0.15) is 0 Å². The molecule has 0 saturated carbocycles. The van der Waals surface area contributed by atoms with Gasteiger partial charge in [0, 0.05) is 5.56 Å². The fourth-order valence-electron chi connectivity index (χ4n) is 1.44. The van der Waals surface area contributed by atoms with Gasteiger partial charge in [-0.1, -0.05) is 37.6 Å². The molecule has 0 unspecified atom stereocenters. The Kier molecular flexibility index (Phi) is 4.10. The lowest BCUT2D eigenvalue weighted by molar-refractivity contribution is 0.571. The van der Waals surface area contributed by atoms with Crippen LogP contribution in [0.25, 0.3) is 11.3 Å². The summed E-state index contributed by atoms with van der Waals surface area (Å²) in [7, 11) is 0. The highest BCUT2D eigenvalue weighted by molar-refractivity contribution is 5.61. The second-order valence-electron chi connectivity index (χ2n) is 3.18. The van der Waals surface area contributed by atoms with E-state index in [-0.39, 0.29) is 0 Å². The first-order valence-electron chi connectivity index (χ1n) is 5.23. The molecule has 0 bridgehead atoms. The molecule has 0 radical (unpaired) electrons. The fourth-order valence-corrected chi connectivity index (χ4v) is 1.44. The molecule has 1 aromatic heterocycles. The molecule has 2 heteroatoms. The summed E-state index contributed by atoms with van der Waals surface area (Å²) in [5, 5.41) is 0. The Balaban J connectivity index is 0.000000531. The number of hydrogen-bond acceptors (Lipinski definition) is 2. The van der Waals surface area contributed by atoms with Crippen molar-refractivity contribution in [1.29, 1.82) is 0 Å². The van der Waals surface area contributed by atoms with E-state index in [1.54, 1.807) is 6.20 Å². The Morgan fingerprint density at radius 1 is 1.13 bits per heavy atom. The van der Waals surface area contributed by atoms with Gasteiger partial charge in [-0.15, -0.1) is 0 Å². The Hall–Kier alpha value is -1.57. The van der Waals surface area contributed by atoms with Gasteiger partial charge in [0.05, 0.1) is 6.20 Å². The van der Waals surface area contributed by atoms with E-state index >= 15 is 0 Å². The SMILES string of the molecule is CC.Cc1ccc(-c2cnco2)c(C)c1. The Morgan fingerprint density at radius 2 is 1.87 bits per heavy atom. The van der Waals surface area contributed by atoms with Crippen LogP contribution in [0.5, 0.6) is 0 Å². The van der Waals surface area contributed by atoms with E-state index in [0.29, 0.717) is 0 Å². The summed E-state index contributed by atoms with van der Waals surface area (Å²) in [5.41, 5.74) is 3.60. The lowest BCUT2D eigenvalue weighted by Crippen LogP contribution is -1.82. The number of aryl methyl sites for hydroxylation is 2. The maximum Gasteiger partial charge on any atom is 0.181 e. The molecule has 2 nitrogen and oxygen atoms in total. The van der Waals surface area contributed by atoms with Crippen molar-refractivity contribution in [3.8, 4) is 11.3 Å². The van der Waals surface area contributed by atoms with Crippen LogP contribution < -0.4 is 0 Å². The zero-order valence-electron chi connectivity index (χ0n) is 9.74. The molecule has 0 fully saturated rings. The van der Waals surface area contributed by atoms with Crippen LogP contribution in [-0.2, 0) is 0 Å². The second kappa shape index (κ2) is 5.35. The fraction of sp³-hybridized carbons (Fsp3) is 0.308. The highest BCUT2D eigenvalue weighted by Gasteiger charge is 2.03. The minimum absolute atomic E-state index is 0.831. The largest absolute Gasteiger partial charge is 0.444 e. The summed E-state index contributed by atoms with van der Waals surface area (Å²) in [6, 6.07) is 6.27. The van der Waals surface area contributed by atoms with E-state index in [2.05, 4.69) is 37.0 Å². The van der Waals surface area contributed by atoms with E-state index in [0.717, 1.165) is 11.3 Å². The standard InChI is InChI=1S/C11H11NO.C2H6/c1-8-3-4-10(9(2)5-8)11-6-12-7-13-11;1-2/h3-7H,1-2H3;1-2H3. The van der Waals surface area contributed by atoms with Crippen LogP contribution in [0.1, 0.15) is 25.0 Å². The Labute approximate surface area is 91.0 Å². The molecular weight excluding hydrogens is 186 g/mol. The lowest BCUT2D eigenvalue weighted by Gasteiger charge is -2.02. The molecule has 0 aliphatic heterocycles. The van der Waals surface area contributed by atoms with Crippen LogP contribution in [-0.4, -0.2) is 4.98 Å². The third-order valence-electron chi connectivity index (χ3n) is 2.08. The third-order valence-corrected chi connectivity index (χ3v) is 2.08. The van der Waals surface area contributed by atoms with E-state index in [1.807, 2.05) is 13.8 Å². The predicted molar refractivity (Wildman–Crippen MR) is 62.8 cm³/mol. The molecule has 0 aliphatic rings. The van der Waals surface area contributed by atoms with Crippen LogP contribution in [0.15, 0.2) is 35.2 Å². The van der Waals surface area contributed by atoms with Gasteiger partial charge < -0.3 is 4.42 Å². The molecule has 0 amide bonds. The van der Waals surface area contributed by atoms with Gasteiger partial charge in [0.15, 0.2) is 12.2 Å². The molecule has 80 valence electrons. The van der Waals surface area contributed by atoms with Gasteiger partial charge in [0.2, 0.25) is 0 Å². The maximum absolute atomic E-state index is 5.23. The van der Waals surface area contributed by atoms with Crippen molar-refractivity contribution in [1.82, 2.24) is 4.98 Å². The highest BCUT2D eigenvalue weighted by Crippen LogP contribution is 2.23. The highest BCUT2D eigenvalue weighted by atomic mass is 16.3. The average molecular weight is 203 g/mol. The first-order chi connectivity index (χ1) is 7.27. The summed E-state index contributed by atoms with van der Waals surface area (Å²) in [5.74, 6) is 0.831. The summed E-state index contributed by atoms with van der Waals surface area (Å²) in [6.07, 6.45) is 3.19. The number of hydrogen-bond donors (Lipinski definition) is 0. The normalized spacial score (nSPS) is 9.33. The van der Waals surface area contributed by atoms with Crippen molar-refractivity contribution in [2.45, 2.75) is 27.7 Å². The molecule has 2 aromatic rings. The van der Waals surface area contributed by atoms with E-state index in [9.17, 15) is 0 Å². The quantitative estimate of drug-likeness (QED) is 0.700. The average Bonchev–Trinajstić information content (AvgIpc) is 2.74. The van der Waals surface area contributed by atoms with Gasteiger partial charge >= 0.3 is 0 Å². The number of aromatic nitrogens is 1. The molecule has 0 saturated heterocycles. The predicted octanol–water partition coefficient (Wildman–Crippen LogP) is 3.98. The van der Waals surface area contributed by atoms with E-state index < -0.39 is 0 Å². The van der Waals surface area contributed by atoms with E-state index in [1.165, 1.54) is 17.5 Å². The molecule has 1 heterocycles. The van der Waals surface area contributed by atoms with Crippen LogP contribution >= 0.6 is 0 Å². The second-order valence-corrected chi connectivity index (χ2v) is 3.18. The van der Waals surface area contributed by atoms with Crippen molar-refractivity contribution in [3.63, 3.8) is 0 Å². The van der Waals surface area contributed by atoms with Gasteiger partial charge in [-0.05, 0) is 19.4 Å². The molecule has 0 N–H and O–H groups in total. The lowest BCUT2D eigenvalue weighted by atomic mass is 10.0. The smallest absolute Gasteiger partial charge is 0.181 e. The van der Waals surface area contributed by atoms with Crippen molar-refractivity contribution in [2.75, 3.05) is 0 Å². The van der Waals surface area contributed by atoms with Gasteiger partial charge in [0.25, 0.3) is 0 Å². The van der Waals surface area contributed by atoms with Crippen molar-refractivity contribution < 1.29 is 4.42 Å². The minimum atomic E-state index is 0.831. The van der Waals surface area contributed by atoms with E-state index in [4.69, 9.17) is 4.42 Å². The van der Waals surface area contributed by atoms with Crippen molar-refractivity contribution in [2.24, 2.45) is 0 Å². The molecule has 2 rings (SSSR count). The van der Waals surface area contributed by atoms with Crippen molar-refractivity contribution in [3.05, 3.63) is 41.9 Å². The van der Waals surface area contributed by atoms with Gasteiger partial charge in [-0.25, -0.2) is 4.98 Å². The van der Waals surface area contributed by atoms with Crippen LogP contribution in [0.2, 0.25) is 0 Å². The minimum Gasteiger partial charge on any atom is -0.444 e. The number of benzene rings is 1. The van der Waals surface area contributed by atoms with Crippen LogP contribution in [0.3, 0.4) is 0 Å². The maximum atomic E-state index is 5.23. The van der Waals surface area contributed by atoms with Crippen LogP contribution in [0, 0.1) is 13.8 Å². The molecule has 0 atom stereocenters. The number of nitrogens with zero attached hydrogens (tertiary/aromatic N) is 1. The Bertz CT molecular complexity index is 404. The first kappa shape index (κ1) is 11.5. The monoisotopic (exact) mass is 203 g/mol. The molecule has 0 aliphatic carbocycles. The third kappa shape index (κ3) is 2.69. The van der Waals surface area contributed by atoms with Crippen molar-refractivity contribution >= 4 is 0 Å². The topological polar surface area (TPSA) is 26.0 Å². The van der Waals surface area contributed by atoms with Gasteiger partial charge in [-0.3, -0.25) is 0 Å². The number of oxazole rings is 1. The molecule has 15 heavy (non-hydrogen) atoms. The zero-order chi connectivity index (χ0) is 11.3.